The predicted molar refractivity (Wildman–Crippen MR) is 106 cm³/mol. The van der Waals surface area contributed by atoms with E-state index in [0.717, 1.165) is 77.6 Å². The van der Waals surface area contributed by atoms with Gasteiger partial charge in [0.2, 0.25) is 0 Å². The van der Waals surface area contributed by atoms with Crippen molar-refractivity contribution in [2.45, 2.75) is 65.0 Å². The van der Waals surface area contributed by atoms with Gasteiger partial charge in [-0.1, -0.05) is 13.8 Å². The Morgan fingerprint density at radius 1 is 1.27 bits per heavy atom. The van der Waals surface area contributed by atoms with Crippen molar-refractivity contribution in [1.82, 2.24) is 10.6 Å². The Bertz CT molecular complexity index is 421. The molecular weight excluding hydrogens is 330 g/mol. The standard InChI is InChI=1S/C20H39N3O3/c1-5-20(6-2)17(13-18(20)26-7-3)23-19(21-4)22-10-8-11-24-14-16-9-12-25-15-16/h16-18H,5-15H2,1-4H3,(H2,21,22,23). The van der Waals surface area contributed by atoms with Crippen LogP contribution in [0.25, 0.3) is 0 Å². The number of ether oxygens (including phenoxy) is 3. The molecule has 1 saturated carbocycles. The second-order valence-corrected chi connectivity index (χ2v) is 7.47. The lowest BCUT2D eigenvalue weighted by Gasteiger charge is -2.55. The molecule has 2 N–H and O–H groups in total. The quantitative estimate of drug-likeness (QED) is 0.333. The minimum atomic E-state index is 0.222. The number of rotatable bonds is 11. The van der Waals surface area contributed by atoms with Crippen molar-refractivity contribution < 1.29 is 14.2 Å². The van der Waals surface area contributed by atoms with Crippen LogP contribution in [0.2, 0.25) is 0 Å². The molecule has 2 aliphatic rings. The van der Waals surface area contributed by atoms with Gasteiger partial charge in [0.05, 0.1) is 19.3 Å². The van der Waals surface area contributed by atoms with Gasteiger partial charge in [0.1, 0.15) is 0 Å². The number of hydrogen-bond acceptors (Lipinski definition) is 4. The van der Waals surface area contributed by atoms with Gasteiger partial charge in [-0.15, -0.1) is 0 Å². The molecule has 6 nitrogen and oxygen atoms in total. The zero-order valence-corrected chi connectivity index (χ0v) is 17.2. The molecule has 2 rings (SSSR count). The highest BCUT2D eigenvalue weighted by Crippen LogP contribution is 2.48. The van der Waals surface area contributed by atoms with Crippen LogP contribution in [-0.2, 0) is 14.2 Å². The zero-order valence-electron chi connectivity index (χ0n) is 17.2. The minimum Gasteiger partial charge on any atom is -0.381 e. The molecule has 0 aromatic carbocycles. The highest BCUT2D eigenvalue weighted by Gasteiger charge is 2.53. The molecule has 26 heavy (non-hydrogen) atoms. The maximum Gasteiger partial charge on any atom is 0.191 e. The van der Waals surface area contributed by atoms with Gasteiger partial charge in [0, 0.05) is 50.8 Å². The number of nitrogens with zero attached hydrogens (tertiary/aromatic N) is 1. The topological polar surface area (TPSA) is 64.1 Å². The monoisotopic (exact) mass is 369 g/mol. The molecule has 0 spiro atoms. The Labute approximate surface area is 159 Å². The SMILES string of the molecule is CCOC1CC(NC(=NC)NCCCOCC2CCOC2)C1(CC)CC. The highest BCUT2D eigenvalue weighted by atomic mass is 16.5. The third-order valence-corrected chi connectivity index (χ3v) is 6.14. The summed E-state index contributed by atoms with van der Waals surface area (Å²) in [5, 5.41) is 7.04. The van der Waals surface area contributed by atoms with Crippen LogP contribution in [0.3, 0.4) is 0 Å². The smallest absolute Gasteiger partial charge is 0.191 e. The van der Waals surface area contributed by atoms with Crippen molar-refractivity contribution in [2.75, 3.05) is 46.6 Å². The summed E-state index contributed by atoms with van der Waals surface area (Å²) in [6.07, 6.45) is 5.79. The Morgan fingerprint density at radius 3 is 2.69 bits per heavy atom. The molecule has 0 amide bonds. The van der Waals surface area contributed by atoms with Gasteiger partial charge in [-0.3, -0.25) is 4.99 Å². The number of guanidine groups is 1. The molecule has 0 radical (unpaired) electrons. The molecule has 1 saturated heterocycles. The fraction of sp³-hybridized carbons (Fsp3) is 0.950. The normalized spacial score (nSPS) is 28.0. The van der Waals surface area contributed by atoms with Crippen LogP contribution in [0.15, 0.2) is 4.99 Å². The lowest BCUT2D eigenvalue weighted by molar-refractivity contribution is -0.133. The molecule has 0 aromatic heterocycles. The van der Waals surface area contributed by atoms with E-state index in [4.69, 9.17) is 14.2 Å². The van der Waals surface area contributed by atoms with Crippen molar-refractivity contribution in [3.63, 3.8) is 0 Å². The Morgan fingerprint density at radius 2 is 2.08 bits per heavy atom. The van der Waals surface area contributed by atoms with E-state index in [-0.39, 0.29) is 5.41 Å². The van der Waals surface area contributed by atoms with Gasteiger partial charge in [-0.25, -0.2) is 0 Å². The van der Waals surface area contributed by atoms with Gasteiger partial charge < -0.3 is 24.8 Å². The van der Waals surface area contributed by atoms with E-state index < -0.39 is 0 Å². The average molecular weight is 370 g/mol. The van der Waals surface area contributed by atoms with Crippen LogP contribution in [0.1, 0.15) is 52.9 Å². The molecule has 1 aliphatic heterocycles. The minimum absolute atomic E-state index is 0.222. The van der Waals surface area contributed by atoms with E-state index in [9.17, 15) is 0 Å². The zero-order chi connectivity index (χ0) is 18.8. The maximum absolute atomic E-state index is 5.96. The molecule has 3 unspecified atom stereocenters. The van der Waals surface area contributed by atoms with E-state index in [1.165, 1.54) is 0 Å². The summed E-state index contributed by atoms with van der Waals surface area (Å²) in [4.78, 5) is 4.39. The first-order valence-corrected chi connectivity index (χ1v) is 10.4. The summed E-state index contributed by atoms with van der Waals surface area (Å²) < 4.78 is 17.1. The first-order valence-electron chi connectivity index (χ1n) is 10.4. The summed E-state index contributed by atoms with van der Waals surface area (Å²) in [5.41, 5.74) is 0.222. The molecule has 0 aromatic rings. The van der Waals surface area contributed by atoms with Gasteiger partial charge in [-0.2, -0.15) is 0 Å². The van der Waals surface area contributed by atoms with Gasteiger partial charge in [-0.05, 0) is 39.0 Å². The average Bonchev–Trinajstić information content (AvgIpc) is 3.16. The number of hydrogen-bond donors (Lipinski definition) is 2. The molecule has 1 aliphatic carbocycles. The summed E-state index contributed by atoms with van der Waals surface area (Å²) in [5.74, 6) is 1.48. The highest BCUT2D eigenvalue weighted by molar-refractivity contribution is 5.80. The van der Waals surface area contributed by atoms with Crippen molar-refractivity contribution in [3.8, 4) is 0 Å². The van der Waals surface area contributed by atoms with Gasteiger partial charge >= 0.3 is 0 Å². The summed E-state index contributed by atoms with van der Waals surface area (Å²) >= 11 is 0. The third kappa shape index (κ3) is 5.33. The lowest BCUT2D eigenvalue weighted by Crippen LogP contribution is -2.65. The Hall–Kier alpha value is -0.850. The van der Waals surface area contributed by atoms with Gasteiger partial charge in [0.25, 0.3) is 0 Å². The molecule has 6 heteroatoms. The largest absolute Gasteiger partial charge is 0.381 e. The van der Waals surface area contributed by atoms with E-state index >= 15 is 0 Å². The molecular formula is C20H39N3O3. The summed E-state index contributed by atoms with van der Waals surface area (Å²) in [6, 6.07) is 0.430. The second kappa shape index (κ2) is 11.1. The molecule has 3 atom stereocenters. The molecule has 0 bridgehead atoms. The van der Waals surface area contributed by atoms with E-state index in [1.54, 1.807) is 0 Å². The van der Waals surface area contributed by atoms with Gasteiger partial charge in [0.15, 0.2) is 5.96 Å². The molecule has 152 valence electrons. The molecule has 1 heterocycles. The maximum atomic E-state index is 5.96. The fourth-order valence-corrected chi connectivity index (χ4v) is 4.29. The van der Waals surface area contributed by atoms with Crippen molar-refractivity contribution >= 4 is 5.96 Å². The van der Waals surface area contributed by atoms with E-state index in [2.05, 4.69) is 36.4 Å². The van der Waals surface area contributed by atoms with Crippen LogP contribution < -0.4 is 10.6 Å². The Balaban J connectivity index is 1.65. The third-order valence-electron chi connectivity index (χ3n) is 6.14. The van der Waals surface area contributed by atoms with E-state index in [0.29, 0.717) is 18.1 Å². The van der Waals surface area contributed by atoms with Crippen LogP contribution >= 0.6 is 0 Å². The van der Waals surface area contributed by atoms with Crippen molar-refractivity contribution in [3.05, 3.63) is 0 Å². The van der Waals surface area contributed by atoms with Crippen molar-refractivity contribution in [2.24, 2.45) is 16.3 Å². The lowest BCUT2D eigenvalue weighted by atomic mass is 9.58. The summed E-state index contributed by atoms with van der Waals surface area (Å²) in [7, 11) is 1.84. The number of aliphatic imine (C=N–C) groups is 1. The summed E-state index contributed by atoms with van der Waals surface area (Å²) in [6.45, 7) is 11.6. The van der Waals surface area contributed by atoms with Crippen LogP contribution in [-0.4, -0.2) is 64.7 Å². The predicted octanol–water partition coefficient (Wildman–Crippen LogP) is 2.58. The van der Waals surface area contributed by atoms with Crippen LogP contribution in [0, 0.1) is 11.3 Å². The molecule has 2 fully saturated rings. The van der Waals surface area contributed by atoms with Crippen molar-refractivity contribution in [1.29, 1.82) is 0 Å². The van der Waals surface area contributed by atoms with Crippen LogP contribution in [0.5, 0.6) is 0 Å². The first-order chi connectivity index (χ1) is 12.7. The first kappa shape index (κ1) is 21.5. The second-order valence-electron chi connectivity index (χ2n) is 7.47. The fourth-order valence-electron chi connectivity index (χ4n) is 4.29. The Kier molecular flexibility index (Phi) is 9.16. The number of nitrogens with one attached hydrogen (secondary N) is 2. The van der Waals surface area contributed by atoms with Crippen LogP contribution in [0.4, 0.5) is 0 Å². The van der Waals surface area contributed by atoms with E-state index in [1.807, 2.05) is 7.05 Å².